The molecule has 1 heteroatoms. The lowest BCUT2D eigenvalue weighted by molar-refractivity contribution is 0.572. The number of benzene rings is 1. The van der Waals surface area contributed by atoms with E-state index in [4.69, 9.17) is 5.73 Å². The van der Waals surface area contributed by atoms with Crippen LogP contribution in [0.15, 0.2) is 30.3 Å². The SMILES string of the molecule is [CH2]CCCCC[C@H](N)c1ccccc1. The van der Waals surface area contributed by atoms with Gasteiger partial charge in [0.05, 0.1) is 0 Å². The summed E-state index contributed by atoms with van der Waals surface area (Å²) < 4.78 is 0. The van der Waals surface area contributed by atoms with Gasteiger partial charge in [0.15, 0.2) is 0 Å². The van der Waals surface area contributed by atoms with Gasteiger partial charge in [0, 0.05) is 6.04 Å². The fourth-order valence-corrected chi connectivity index (χ4v) is 1.58. The number of nitrogens with two attached hydrogens (primary N) is 1. The lowest BCUT2D eigenvalue weighted by atomic mass is 10.0. The Morgan fingerprint density at radius 3 is 2.43 bits per heavy atom. The summed E-state index contributed by atoms with van der Waals surface area (Å²) >= 11 is 0. The molecule has 0 saturated carbocycles. The highest BCUT2D eigenvalue weighted by Gasteiger charge is 2.03. The summed E-state index contributed by atoms with van der Waals surface area (Å²) in [6, 6.07) is 10.5. The Balaban J connectivity index is 2.25. The highest BCUT2D eigenvalue weighted by molar-refractivity contribution is 5.18. The molecule has 0 aromatic heterocycles. The van der Waals surface area contributed by atoms with Crippen molar-refractivity contribution in [2.45, 2.75) is 38.1 Å². The van der Waals surface area contributed by atoms with Crippen LogP contribution in [0.4, 0.5) is 0 Å². The molecule has 0 saturated heterocycles. The van der Waals surface area contributed by atoms with Crippen LogP contribution in [0.3, 0.4) is 0 Å². The van der Waals surface area contributed by atoms with Crippen LogP contribution in [0.2, 0.25) is 0 Å². The lowest BCUT2D eigenvalue weighted by Gasteiger charge is -2.11. The maximum Gasteiger partial charge on any atom is 0.0294 e. The molecule has 0 aliphatic carbocycles. The molecule has 0 aliphatic heterocycles. The summed E-state index contributed by atoms with van der Waals surface area (Å²) in [6.07, 6.45) is 5.82. The molecule has 1 aromatic carbocycles. The zero-order chi connectivity index (χ0) is 10.2. The topological polar surface area (TPSA) is 26.0 Å². The van der Waals surface area contributed by atoms with Gasteiger partial charge in [-0.2, -0.15) is 0 Å². The molecule has 0 spiro atoms. The largest absolute Gasteiger partial charge is 0.324 e. The maximum absolute atomic E-state index is 6.06. The van der Waals surface area contributed by atoms with Crippen molar-refractivity contribution in [2.75, 3.05) is 0 Å². The molecule has 0 aliphatic rings. The van der Waals surface area contributed by atoms with Gasteiger partial charge in [-0.25, -0.2) is 0 Å². The first-order valence-electron chi connectivity index (χ1n) is 5.44. The van der Waals surface area contributed by atoms with E-state index in [1.807, 2.05) is 18.2 Å². The van der Waals surface area contributed by atoms with Gasteiger partial charge in [0.25, 0.3) is 0 Å². The molecule has 0 unspecified atom stereocenters. The summed E-state index contributed by atoms with van der Waals surface area (Å²) in [5, 5.41) is 0. The lowest BCUT2D eigenvalue weighted by Crippen LogP contribution is -2.09. The molecular formula is C13H20N. The van der Waals surface area contributed by atoms with E-state index in [-0.39, 0.29) is 6.04 Å². The Morgan fingerprint density at radius 2 is 1.79 bits per heavy atom. The first-order valence-corrected chi connectivity index (χ1v) is 5.44. The standard InChI is InChI=1S/C13H20N/c1-2-3-4-8-11-13(14)12-9-6-5-7-10-12/h5-7,9-10,13H,1-4,8,11,14H2/t13-/m0/s1. The van der Waals surface area contributed by atoms with Crippen LogP contribution in [0.25, 0.3) is 0 Å². The van der Waals surface area contributed by atoms with Crippen LogP contribution in [0.1, 0.15) is 43.7 Å². The Bertz CT molecular complexity index is 230. The molecule has 14 heavy (non-hydrogen) atoms. The van der Waals surface area contributed by atoms with Gasteiger partial charge < -0.3 is 5.73 Å². The minimum absolute atomic E-state index is 0.209. The third-order valence-corrected chi connectivity index (χ3v) is 2.49. The Hall–Kier alpha value is -0.820. The molecule has 2 N–H and O–H groups in total. The van der Waals surface area contributed by atoms with Gasteiger partial charge in [-0.3, -0.25) is 0 Å². The Labute approximate surface area is 87.3 Å². The number of hydrogen-bond donors (Lipinski definition) is 1. The fourth-order valence-electron chi connectivity index (χ4n) is 1.58. The van der Waals surface area contributed by atoms with Crippen LogP contribution < -0.4 is 5.73 Å². The summed E-state index contributed by atoms with van der Waals surface area (Å²) in [5.74, 6) is 0. The normalized spacial score (nSPS) is 12.7. The molecule has 1 atom stereocenters. The van der Waals surface area contributed by atoms with Crippen LogP contribution in [-0.4, -0.2) is 0 Å². The molecule has 1 nitrogen and oxygen atoms in total. The summed E-state index contributed by atoms with van der Waals surface area (Å²) in [5.41, 5.74) is 7.31. The average molecular weight is 190 g/mol. The van der Waals surface area contributed by atoms with Gasteiger partial charge in [0.2, 0.25) is 0 Å². The second kappa shape index (κ2) is 6.61. The van der Waals surface area contributed by atoms with E-state index in [1.54, 1.807) is 0 Å². The highest BCUT2D eigenvalue weighted by atomic mass is 14.6. The zero-order valence-corrected chi connectivity index (χ0v) is 8.78. The van der Waals surface area contributed by atoms with E-state index in [0.29, 0.717) is 0 Å². The molecule has 1 aromatic rings. The second-order valence-corrected chi connectivity index (χ2v) is 3.72. The highest BCUT2D eigenvalue weighted by Crippen LogP contribution is 2.16. The van der Waals surface area contributed by atoms with Gasteiger partial charge in [0.1, 0.15) is 0 Å². The number of hydrogen-bond acceptors (Lipinski definition) is 1. The van der Waals surface area contributed by atoms with Crippen molar-refractivity contribution in [3.05, 3.63) is 42.8 Å². The summed E-state index contributed by atoms with van der Waals surface area (Å²) in [4.78, 5) is 0. The first-order chi connectivity index (χ1) is 6.84. The van der Waals surface area contributed by atoms with E-state index in [0.717, 1.165) is 12.8 Å². The van der Waals surface area contributed by atoms with E-state index < -0.39 is 0 Å². The fraction of sp³-hybridized carbons (Fsp3) is 0.462. The average Bonchev–Trinajstić information content (AvgIpc) is 2.25. The monoisotopic (exact) mass is 190 g/mol. The molecular weight excluding hydrogens is 170 g/mol. The van der Waals surface area contributed by atoms with Crippen LogP contribution in [0.5, 0.6) is 0 Å². The molecule has 77 valence electrons. The van der Waals surface area contributed by atoms with Crippen LogP contribution in [-0.2, 0) is 0 Å². The molecule has 1 radical (unpaired) electrons. The maximum atomic E-state index is 6.06. The molecule has 0 amide bonds. The molecule has 0 bridgehead atoms. The number of unbranched alkanes of at least 4 members (excludes halogenated alkanes) is 3. The van der Waals surface area contributed by atoms with Gasteiger partial charge in [-0.05, 0) is 12.0 Å². The van der Waals surface area contributed by atoms with Crippen molar-refractivity contribution in [1.82, 2.24) is 0 Å². The van der Waals surface area contributed by atoms with E-state index in [1.165, 1.54) is 24.8 Å². The number of rotatable bonds is 6. The van der Waals surface area contributed by atoms with Crippen molar-refractivity contribution in [3.8, 4) is 0 Å². The third kappa shape index (κ3) is 3.93. The quantitative estimate of drug-likeness (QED) is 0.683. The van der Waals surface area contributed by atoms with Crippen LogP contribution in [0, 0.1) is 6.92 Å². The zero-order valence-electron chi connectivity index (χ0n) is 8.78. The summed E-state index contributed by atoms with van der Waals surface area (Å²) in [6.45, 7) is 3.83. The van der Waals surface area contributed by atoms with E-state index >= 15 is 0 Å². The van der Waals surface area contributed by atoms with E-state index in [2.05, 4.69) is 19.1 Å². The third-order valence-electron chi connectivity index (χ3n) is 2.49. The van der Waals surface area contributed by atoms with Crippen molar-refractivity contribution in [2.24, 2.45) is 5.73 Å². The molecule has 1 rings (SSSR count). The predicted octanol–water partition coefficient (Wildman–Crippen LogP) is 3.47. The van der Waals surface area contributed by atoms with Gasteiger partial charge in [-0.15, -0.1) is 0 Å². The first kappa shape index (κ1) is 11.3. The van der Waals surface area contributed by atoms with Gasteiger partial charge in [-0.1, -0.05) is 62.9 Å². The van der Waals surface area contributed by atoms with Crippen molar-refractivity contribution >= 4 is 0 Å². The van der Waals surface area contributed by atoms with Crippen LogP contribution >= 0.6 is 0 Å². The van der Waals surface area contributed by atoms with Crippen molar-refractivity contribution in [3.63, 3.8) is 0 Å². The Kier molecular flexibility index (Phi) is 5.31. The van der Waals surface area contributed by atoms with Crippen molar-refractivity contribution < 1.29 is 0 Å². The molecule has 0 fully saturated rings. The van der Waals surface area contributed by atoms with Gasteiger partial charge >= 0.3 is 0 Å². The minimum atomic E-state index is 0.209. The Morgan fingerprint density at radius 1 is 1.07 bits per heavy atom. The smallest absolute Gasteiger partial charge is 0.0294 e. The van der Waals surface area contributed by atoms with Crippen molar-refractivity contribution in [1.29, 1.82) is 0 Å². The summed E-state index contributed by atoms with van der Waals surface area (Å²) in [7, 11) is 0. The predicted molar refractivity (Wildman–Crippen MR) is 61.8 cm³/mol. The molecule has 0 heterocycles. The minimum Gasteiger partial charge on any atom is -0.324 e. The second-order valence-electron chi connectivity index (χ2n) is 3.72. The van der Waals surface area contributed by atoms with E-state index in [9.17, 15) is 0 Å².